The molecule has 200 valence electrons. The van der Waals surface area contributed by atoms with Gasteiger partial charge >= 0.3 is 0 Å². The molecule has 1 aliphatic rings. The highest BCUT2D eigenvalue weighted by atomic mass is 16.5. The summed E-state index contributed by atoms with van der Waals surface area (Å²) in [6, 6.07) is 5.28. The van der Waals surface area contributed by atoms with Crippen LogP contribution in [0.25, 0.3) is 0 Å². The highest BCUT2D eigenvalue weighted by Gasteiger charge is 2.28. The first-order chi connectivity index (χ1) is 17.6. The molecule has 2 N–H and O–H groups in total. The van der Waals surface area contributed by atoms with Crippen LogP contribution in [0.2, 0.25) is 0 Å². The van der Waals surface area contributed by atoms with Gasteiger partial charge in [0, 0.05) is 13.0 Å². The fourth-order valence-electron chi connectivity index (χ4n) is 4.49. The van der Waals surface area contributed by atoms with E-state index in [0.717, 1.165) is 18.4 Å². The molecular formula is C30H46N2O4. The lowest BCUT2D eigenvalue weighted by Crippen LogP contribution is -2.27. The van der Waals surface area contributed by atoms with Crippen molar-refractivity contribution in [2.75, 3.05) is 19.8 Å². The van der Waals surface area contributed by atoms with Gasteiger partial charge in [-0.3, -0.25) is 19.7 Å². The third kappa shape index (κ3) is 12.0. The Balaban J connectivity index is 1.37. The quantitative estimate of drug-likeness (QED) is 0.119. The number of hydrogen-bond acceptors (Lipinski definition) is 4. The molecule has 6 heteroatoms. The van der Waals surface area contributed by atoms with E-state index in [1.165, 1.54) is 70.6 Å². The van der Waals surface area contributed by atoms with E-state index < -0.39 is 0 Å². The molecule has 0 saturated carbocycles. The smallest absolute Gasteiger partial charge is 0.259 e. The Morgan fingerprint density at radius 2 is 1.53 bits per heavy atom. The number of carbonyl (C=O) groups is 3. The number of hydrogen-bond donors (Lipinski definition) is 2. The molecule has 6 nitrogen and oxygen atoms in total. The van der Waals surface area contributed by atoms with Gasteiger partial charge in [-0.2, -0.15) is 0 Å². The number of fused-ring (bicyclic) bond motifs is 1. The number of nitrogens with one attached hydrogen (secondary N) is 2. The summed E-state index contributed by atoms with van der Waals surface area (Å²) < 4.78 is 5.60. The number of allylic oxidation sites excluding steroid dienone is 2. The zero-order valence-corrected chi connectivity index (χ0v) is 22.2. The molecule has 0 saturated heterocycles. The van der Waals surface area contributed by atoms with Gasteiger partial charge in [0.15, 0.2) is 0 Å². The normalized spacial score (nSPS) is 12.8. The average Bonchev–Trinajstić information content (AvgIpc) is 3.17. The number of amides is 3. The van der Waals surface area contributed by atoms with Crippen molar-refractivity contribution in [1.82, 2.24) is 10.6 Å². The molecule has 1 aliphatic heterocycles. The van der Waals surface area contributed by atoms with Crippen molar-refractivity contribution in [3.05, 3.63) is 47.0 Å². The van der Waals surface area contributed by atoms with Crippen LogP contribution in [0.15, 0.2) is 30.4 Å². The molecular weight excluding hydrogens is 452 g/mol. The number of benzene rings is 1. The molecule has 0 radical (unpaired) electrons. The summed E-state index contributed by atoms with van der Waals surface area (Å²) in [5.74, 6) is -0.604. The van der Waals surface area contributed by atoms with Gasteiger partial charge in [0.2, 0.25) is 5.91 Å². The summed E-state index contributed by atoms with van der Waals surface area (Å²) in [6.45, 7) is 3.60. The SMILES string of the molecule is CCCCCCCC/C=C\CCCCCCCC(=O)NCCOCCc1cccc2c1C(=O)NC2=O. The first kappa shape index (κ1) is 29.8. The molecule has 0 atom stereocenters. The highest BCUT2D eigenvalue weighted by Crippen LogP contribution is 2.20. The van der Waals surface area contributed by atoms with E-state index in [0.29, 0.717) is 43.7 Å². The number of unbranched alkanes of at least 4 members (excludes halogenated alkanes) is 11. The zero-order chi connectivity index (χ0) is 25.8. The summed E-state index contributed by atoms with van der Waals surface area (Å²) in [5.41, 5.74) is 1.70. The standard InChI is InChI=1S/C30H46N2O4/c1-2-3-4-5-6-7-8-9-10-11-12-13-14-15-16-20-27(33)31-22-24-36-23-21-25-18-17-19-26-28(25)30(35)32-29(26)34/h9-10,17-19H,2-8,11-16,20-24H2,1H3,(H,31,33)(H,32,34,35)/b10-9-. The lowest BCUT2D eigenvalue weighted by molar-refractivity contribution is -0.121. The molecule has 0 spiro atoms. The topological polar surface area (TPSA) is 84.5 Å². The van der Waals surface area contributed by atoms with Crippen molar-refractivity contribution in [3.8, 4) is 0 Å². The molecule has 36 heavy (non-hydrogen) atoms. The van der Waals surface area contributed by atoms with Crippen molar-refractivity contribution >= 4 is 17.7 Å². The predicted molar refractivity (Wildman–Crippen MR) is 145 cm³/mol. The molecule has 1 aromatic rings. The van der Waals surface area contributed by atoms with Crippen molar-refractivity contribution in [3.63, 3.8) is 0 Å². The molecule has 0 aromatic heterocycles. The Kier molecular flexibility index (Phi) is 15.5. The lowest BCUT2D eigenvalue weighted by atomic mass is 10.0. The van der Waals surface area contributed by atoms with Gasteiger partial charge in [0.25, 0.3) is 11.8 Å². The van der Waals surface area contributed by atoms with E-state index in [-0.39, 0.29) is 17.7 Å². The Hall–Kier alpha value is -2.47. The van der Waals surface area contributed by atoms with Crippen LogP contribution in [-0.2, 0) is 16.0 Å². The molecule has 3 amide bonds. The first-order valence-corrected chi connectivity index (χ1v) is 14.1. The molecule has 0 bridgehead atoms. The van der Waals surface area contributed by atoms with E-state index in [1.54, 1.807) is 12.1 Å². The van der Waals surface area contributed by atoms with E-state index in [4.69, 9.17) is 4.74 Å². The molecule has 1 heterocycles. The highest BCUT2D eigenvalue weighted by molar-refractivity contribution is 6.22. The minimum Gasteiger partial charge on any atom is -0.379 e. The second kappa shape index (κ2) is 18.8. The monoisotopic (exact) mass is 498 g/mol. The van der Waals surface area contributed by atoms with E-state index in [2.05, 4.69) is 29.7 Å². The van der Waals surface area contributed by atoms with Crippen LogP contribution in [0.3, 0.4) is 0 Å². The van der Waals surface area contributed by atoms with Crippen molar-refractivity contribution in [2.24, 2.45) is 0 Å². The van der Waals surface area contributed by atoms with Crippen LogP contribution in [0, 0.1) is 0 Å². The van der Waals surface area contributed by atoms with Gasteiger partial charge in [0.1, 0.15) is 0 Å². The van der Waals surface area contributed by atoms with E-state index in [1.807, 2.05) is 6.07 Å². The van der Waals surface area contributed by atoms with Crippen LogP contribution in [0.4, 0.5) is 0 Å². The lowest BCUT2D eigenvalue weighted by Gasteiger charge is -2.08. The first-order valence-electron chi connectivity index (χ1n) is 14.1. The molecule has 1 aromatic carbocycles. The second-order valence-electron chi connectivity index (χ2n) is 9.67. The third-order valence-electron chi connectivity index (χ3n) is 6.60. The van der Waals surface area contributed by atoms with Crippen LogP contribution in [0.1, 0.15) is 123 Å². The fraction of sp³-hybridized carbons (Fsp3) is 0.633. The fourth-order valence-corrected chi connectivity index (χ4v) is 4.49. The second-order valence-corrected chi connectivity index (χ2v) is 9.67. The number of imide groups is 1. The Morgan fingerprint density at radius 3 is 2.25 bits per heavy atom. The minimum absolute atomic E-state index is 0.0762. The van der Waals surface area contributed by atoms with Crippen molar-refractivity contribution in [1.29, 1.82) is 0 Å². The van der Waals surface area contributed by atoms with Crippen LogP contribution >= 0.6 is 0 Å². The van der Waals surface area contributed by atoms with Gasteiger partial charge < -0.3 is 10.1 Å². The number of ether oxygens (including phenoxy) is 1. The van der Waals surface area contributed by atoms with E-state index >= 15 is 0 Å². The Labute approximate surface area is 217 Å². The van der Waals surface area contributed by atoms with Gasteiger partial charge in [-0.15, -0.1) is 0 Å². The number of rotatable bonds is 21. The molecule has 0 aliphatic carbocycles. The van der Waals surface area contributed by atoms with Gasteiger partial charge in [-0.25, -0.2) is 0 Å². The van der Waals surface area contributed by atoms with Crippen LogP contribution in [-0.4, -0.2) is 37.5 Å². The van der Waals surface area contributed by atoms with Gasteiger partial charge in [-0.05, 0) is 50.2 Å². The van der Waals surface area contributed by atoms with Crippen LogP contribution < -0.4 is 10.6 Å². The summed E-state index contributed by atoms with van der Waals surface area (Å²) in [6.07, 6.45) is 22.1. The Bertz CT molecular complexity index is 834. The molecule has 2 rings (SSSR count). The van der Waals surface area contributed by atoms with Crippen molar-refractivity contribution < 1.29 is 19.1 Å². The van der Waals surface area contributed by atoms with Gasteiger partial charge in [-0.1, -0.05) is 82.6 Å². The Morgan fingerprint density at radius 1 is 0.861 bits per heavy atom. The maximum Gasteiger partial charge on any atom is 0.259 e. The molecule has 0 fully saturated rings. The molecule has 0 unspecified atom stereocenters. The number of carbonyl (C=O) groups excluding carboxylic acids is 3. The maximum atomic E-state index is 12.0. The predicted octanol–water partition coefficient (Wildman–Crippen LogP) is 6.28. The van der Waals surface area contributed by atoms with Gasteiger partial charge in [0.05, 0.1) is 24.3 Å². The summed E-state index contributed by atoms with van der Waals surface area (Å²) >= 11 is 0. The zero-order valence-electron chi connectivity index (χ0n) is 22.2. The minimum atomic E-state index is -0.341. The largest absolute Gasteiger partial charge is 0.379 e. The van der Waals surface area contributed by atoms with Crippen molar-refractivity contribution in [2.45, 2.75) is 103 Å². The summed E-state index contributed by atoms with van der Waals surface area (Å²) in [5, 5.41) is 5.23. The average molecular weight is 499 g/mol. The van der Waals surface area contributed by atoms with E-state index in [9.17, 15) is 14.4 Å². The third-order valence-corrected chi connectivity index (χ3v) is 6.60. The maximum absolute atomic E-state index is 12.0. The summed E-state index contributed by atoms with van der Waals surface area (Å²) in [4.78, 5) is 35.6. The van der Waals surface area contributed by atoms with Crippen LogP contribution in [0.5, 0.6) is 0 Å². The summed E-state index contributed by atoms with van der Waals surface area (Å²) in [7, 11) is 0.